The molecule has 1 unspecified atom stereocenters. The Hall–Kier alpha value is -0.970. The first-order valence-corrected chi connectivity index (χ1v) is 8.59. The number of thiazole rings is 1. The lowest BCUT2D eigenvalue weighted by atomic mass is 10.1. The first-order valence-electron chi connectivity index (χ1n) is 7.39. The standard InChI is InChI=1S/C16H16ClFN2S/c17-10-6-9(7-11(18)8-10)15(19-12-4-5-12)16-20-13-2-1-3-14(13)21-16/h6-8,12,15,19H,1-5H2. The van der Waals surface area contributed by atoms with E-state index in [0.29, 0.717) is 11.1 Å². The van der Waals surface area contributed by atoms with Crippen LogP contribution in [-0.2, 0) is 12.8 Å². The molecule has 1 atom stereocenters. The first kappa shape index (κ1) is 13.7. The van der Waals surface area contributed by atoms with Gasteiger partial charge in [0, 0.05) is 15.9 Å². The largest absolute Gasteiger partial charge is 0.301 e. The molecule has 0 saturated heterocycles. The summed E-state index contributed by atoms with van der Waals surface area (Å²) in [6.07, 6.45) is 5.79. The average molecular weight is 323 g/mol. The fraction of sp³-hybridized carbons (Fsp3) is 0.438. The van der Waals surface area contributed by atoms with E-state index in [1.807, 2.05) is 6.07 Å². The molecule has 0 aliphatic heterocycles. The Morgan fingerprint density at radius 3 is 2.86 bits per heavy atom. The van der Waals surface area contributed by atoms with E-state index in [1.54, 1.807) is 17.4 Å². The highest BCUT2D eigenvalue weighted by Gasteiger charge is 2.30. The number of hydrogen-bond acceptors (Lipinski definition) is 3. The normalized spacial score (nSPS) is 18.8. The predicted octanol–water partition coefficient (Wildman–Crippen LogP) is 4.27. The number of aromatic nitrogens is 1. The van der Waals surface area contributed by atoms with Crippen LogP contribution in [0, 0.1) is 5.82 Å². The highest BCUT2D eigenvalue weighted by Crippen LogP contribution is 2.36. The Morgan fingerprint density at radius 1 is 1.29 bits per heavy atom. The van der Waals surface area contributed by atoms with Crippen molar-refractivity contribution in [2.24, 2.45) is 0 Å². The zero-order valence-electron chi connectivity index (χ0n) is 11.5. The van der Waals surface area contributed by atoms with E-state index in [9.17, 15) is 4.39 Å². The van der Waals surface area contributed by atoms with Crippen molar-refractivity contribution in [1.82, 2.24) is 10.3 Å². The van der Waals surface area contributed by atoms with Crippen molar-refractivity contribution in [2.75, 3.05) is 0 Å². The third kappa shape index (κ3) is 2.85. The van der Waals surface area contributed by atoms with Crippen molar-refractivity contribution in [3.8, 4) is 0 Å². The van der Waals surface area contributed by atoms with E-state index in [4.69, 9.17) is 16.6 Å². The van der Waals surface area contributed by atoms with Crippen LogP contribution in [-0.4, -0.2) is 11.0 Å². The summed E-state index contributed by atoms with van der Waals surface area (Å²) in [7, 11) is 0. The summed E-state index contributed by atoms with van der Waals surface area (Å²) in [5.41, 5.74) is 2.11. The maximum atomic E-state index is 13.7. The zero-order valence-corrected chi connectivity index (χ0v) is 13.1. The minimum atomic E-state index is -0.288. The summed E-state index contributed by atoms with van der Waals surface area (Å²) >= 11 is 7.79. The van der Waals surface area contributed by atoms with Gasteiger partial charge in [-0.1, -0.05) is 11.6 Å². The van der Waals surface area contributed by atoms with Gasteiger partial charge in [0.2, 0.25) is 0 Å². The SMILES string of the molecule is Fc1cc(Cl)cc(C(NC2CC2)c2nc3c(s2)CCC3)c1. The van der Waals surface area contributed by atoms with E-state index in [0.717, 1.165) is 23.4 Å². The van der Waals surface area contributed by atoms with E-state index in [1.165, 1.54) is 35.9 Å². The molecule has 0 spiro atoms. The van der Waals surface area contributed by atoms with Crippen molar-refractivity contribution < 1.29 is 4.39 Å². The summed E-state index contributed by atoms with van der Waals surface area (Å²) in [5.74, 6) is -0.288. The average Bonchev–Trinajstić information content (AvgIpc) is 2.98. The van der Waals surface area contributed by atoms with E-state index >= 15 is 0 Å². The van der Waals surface area contributed by atoms with Crippen molar-refractivity contribution >= 4 is 22.9 Å². The summed E-state index contributed by atoms with van der Waals surface area (Å²) in [6, 6.07) is 5.24. The predicted molar refractivity (Wildman–Crippen MR) is 83.5 cm³/mol. The molecule has 2 aromatic rings. The molecular formula is C16H16ClFN2S. The second-order valence-electron chi connectivity index (χ2n) is 5.85. The molecule has 1 aromatic carbocycles. The number of fused-ring (bicyclic) bond motifs is 1. The van der Waals surface area contributed by atoms with E-state index in [-0.39, 0.29) is 11.9 Å². The van der Waals surface area contributed by atoms with Crippen LogP contribution in [0.3, 0.4) is 0 Å². The molecule has 4 rings (SSSR count). The third-order valence-electron chi connectivity index (χ3n) is 4.06. The molecule has 1 fully saturated rings. The first-order chi connectivity index (χ1) is 10.2. The zero-order chi connectivity index (χ0) is 14.4. The van der Waals surface area contributed by atoms with Gasteiger partial charge in [-0.2, -0.15) is 0 Å². The molecule has 5 heteroatoms. The molecule has 2 aliphatic carbocycles. The topological polar surface area (TPSA) is 24.9 Å². The monoisotopic (exact) mass is 322 g/mol. The van der Waals surface area contributed by atoms with Crippen molar-refractivity contribution in [2.45, 2.75) is 44.2 Å². The molecule has 1 saturated carbocycles. The van der Waals surface area contributed by atoms with Gasteiger partial charge >= 0.3 is 0 Å². The number of nitrogens with one attached hydrogen (secondary N) is 1. The van der Waals surface area contributed by atoms with Crippen LogP contribution >= 0.6 is 22.9 Å². The molecule has 1 aromatic heterocycles. The van der Waals surface area contributed by atoms with Crippen molar-refractivity contribution in [1.29, 1.82) is 0 Å². The molecule has 110 valence electrons. The van der Waals surface area contributed by atoms with Crippen LogP contribution in [0.15, 0.2) is 18.2 Å². The van der Waals surface area contributed by atoms with Gasteiger partial charge in [-0.15, -0.1) is 11.3 Å². The van der Waals surface area contributed by atoms with Crippen LogP contribution in [0.4, 0.5) is 4.39 Å². The summed E-state index contributed by atoms with van der Waals surface area (Å²) in [5, 5.41) is 5.08. The Labute approximate surface area is 132 Å². The summed E-state index contributed by atoms with van der Waals surface area (Å²) < 4.78 is 13.7. The van der Waals surface area contributed by atoms with Gasteiger partial charge in [0.05, 0.1) is 11.7 Å². The third-order valence-corrected chi connectivity index (χ3v) is 5.50. The van der Waals surface area contributed by atoms with Gasteiger partial charge in [-0.3, -0.25) is 0 Å². The van der Waals surface area contributed by atoms with Crippen LogP contribution in [0.2, 0.25) is 5.02 Å². The molecular weight excluding hydrogens is 307 g/mol. The minimum absolute atomic E-state index is 0.0405. The number of benzene rings is 1. The van der Waals surface area contributed by atoms with Gasteiger partial charge in [0.25, 0.3) is 0 Å². The lowest BCUT2D eigenvalue weighted by molar-refractivity contribution is 0.583. The van der Waals surface area contributed by atoms with Crippen molar-refractivity contribution in [3.05, 3.63) is 50.2 Å². The molecule has 1 N–H and O–H groups in total. The molecule has 2 nitrogen and oxygen atoms in total. The van der Waals surface area contributed by atoms with Crippen LogP contribution < -0.4 is 5.32 Å². The summed E-state index contributed by atoms with van der Waals surface area (Å²) in [4.78, 5) is 6.20. The fourth-order valence-corrected chi connectivity index (χ4v) is 4.34. The Kier molecular flexibility index (Phi) is 3.48. The highest BCUT2D eigenvalue weighted by atomic mass is 35.5. The van der Waals surface area contributed by atoms with Crippen LogP contribution in [0.25, 0.3) is 0 Å². The number of rotatable bonds is 4. The number of aryl methyl sites for hydroxylation is 2. The number of hydrogen-bond donors (Lipinski definition) is 1. The van der Waals surface area contributed by atoms with Crippen LogP contribution in [0.1, 0.15) is 46.4 Å². The lowest BCUT2D eigenvalue weighted by Gasteiger charge is -2.17. The van der Waals surface area contributed by atoms with Crippen LogP contribution in [0.5, 0.6) is 0 Å². The maximum absolute atomic E-state index is 13.7. The van der Waals surface area contributed by atoms with E-state index in [2.05, 4.69) is 5.32 Å². The van der Waals surface area contributed by atoms with Crippen molar-refractivity contribution in [3.63, 3.8) is 0 Å². The molecule has 0 bridgehead atoms. The summed E-state index contributed by atoms with van der Waals surface area (Å²) in [6.45, 7) is 0. The number of nitrogens with zero attached hydrogens (tertiary/aromatic N) is 1. The molecule has 21 heavy (non-hydrogen) atoms. The van der Waals surface area contributed by atoms with Gasteiger partial charge < -0.3 is 5.32 Å². The second-order valence-corrected chi connectivity index (χ2v) is 7.40. The molecule has 2 aliphatic rings. The smallest absolute Gasteiger partial charge is 0.125 e. The van der Waals surface area contributed by atoms with Gasteiger partial charge in [-0.05, 0) is 55.9 Å². The van der Waals surface area contributed by atoms with E-state index < -0.39 is 0 Å². The fourth-order valence-electron chi connectivity index (χ4n) is 2.87. The second kappa shape index (κ2) is 5.34. The van der Waals surface area contributed by atoms with Gasteiger partial charge in [0.15, 0.2) is 0 Å². The molecule has 1 heterocycles. The van der Waals surface area contributed by atoms with Gasteiger partial charge in [-0.25, -0.2) is 9.37 Å². The molecule has 0 amide bonds. The Balaban J connectivity index is 1.72. The quantitative estimate of drug-likeness (QED) is 0.909. The Bertz CT molecular complexity index is 639. The number of halogens is 2. The highest BCUT2D eigenvalue weighted by molar-refractivity contribution is 7.11. The maximum Gasteiger partial charge on any atom is 0.125 e. The Morgan fingerprint density at radius 2 is 2.14 bits per heavy atom. The minimum Gasteiger partial charge on any atom is -0.301 e. The lowest BCUT2D eigenvalue weighted by Crippen LogP contribution is -2.24. The molecule has 0 radical (unpaired) electrons. The van der Waals surface area contributed by atoms with Gasteiger partial charge in [0.1, 0.15) is 10.8 Å².